The van der Waals surface area contributed by atoms with E-state index in [0.29, 0.717) is 12.8 Å². The molecule has 4 nitrogen and oxygen atoms in total. The van der Waals surface area contributed by atoms with Gasteiger partial charge in [-0.2, -0.15) is 5.26 Å². The van der Waals surface area contributed by atoms with Gasteiger partial charge >= 0.3 is 0 Å². The van der Waals surface area contributed by atoms with E-state index >= 15 is 0 Å². The van der Waals surface area contributed by atoms with Gasteiger partial charge in [-0.1, -0.05) is 0 Å². The average Bonchev–Trinajstić information content (AvgIpc) is 2.96. The maximum atomic E-state index is 12.3. The highest BCUT2D eigenvalue weighted by Crippen LogP contribution is 2.44. The van der Waals surface area contributed by atoms with E-state index < -0.39 is 5.54 Å². The van der Waals surface area contributed by atoms with Crippen LogP contribution in [0.5, 0.6) is 0 Å². The van der Waals surface area contributed by atoms with Gasteiger partial charge in [0.25, 0.3) is 0 Å². The van der Waals surface area contributed by atoms with Crippen molar-refractivity contribution in [2.24, 2.45) is 11.8 Å². The molecular weight excluding hydrogens is 216 g/mol. The second-order valence-electron chi connectivity index (χ2n) is 5.57. The normalized spacial score (nSPS) is 35.1. The second kappa shape index (κ2) is 3.56. The Labute approximate surface area is 101 Å². The monoisotopic (exact) mass is 232 g/mol. The highest BCUT2D eigenvalue weighted by atomic mass is 16.2. The topological polar surface area (TPSA) is 61.2 Å². The summed E-state index contributed by atoms with van der Waals surface area (Å²) >= 11 is 0. The fraction of sp³-hybridized carbons (Fsp3) is 0.769. The Morgan fingerprint density at radius 2 is 1.65 bits per heavy atom. The van der Waals surface area contributed by atoms with Crippen molar-refractivity contribution in [3.63, 3.8) is 0 Å². The molecule has 0 spiro atoms. The van der Waals surface area contributed by atoms with Gasteiger partial charge in [0.15, 0.2) is 0 Å². The van der Waals surface area contributed by atoms with E-state index in [1.165, 1.54) is 4.90 Å². The van der Waals surface area contributed by atoms with Gasteiger partial charge in [0.1, 0.15) is 5.54 Å². The van der Waals surface area contributed by atoms with Crippen molar-refractivity contribution in [2.45, 2.75) is 50.5 Å². The van der Waals surface area contributed by atoms with Crippen LogP contribution in [0.25, 0.3) is 0 Å². The highest BCUT2D eigenvalue weighted by molar-refractivity contribution is 6.02. The molecule has 3 fully saturated rings. The number of carbonyl (C=O) groups is 2. The van der Waals surface area contributed by atoms with Crippen LogP contribution in [0.2, 0.25) is 0 Å². The average molecular weight is 232 g/mol. The molecule has 2 unspecified atom stereocenters. The Kier molecular flexibility index (Phi) is 2.25. The lowest BCUT2D eigenvalue weighted by atomic mass is 9.89. The van der Waals surface area contributed by atoms with Crippen LogP contribution in [0.3, 0.4) is 0 Å². The molecule has 1 heterocycles. The van der Waals surface area contributed by atoms with Crippen molar-refractivity contribution in [3.05, 3.63) is 0 Å². The van der Waals surface area contributed by atoms with Crippen LogP contribution in [0.4, 0.5) is 0 Å². The molecule has 90 valence electrons. The summed E-state index contributed by atoms with van der Waals surface area (Å²) in [5.41, 5.74) is -0.810. The van der Waals surface area contributed by atoms with E-state index in [-0.39, 0.29) is 23.7 Å². The minimum Gasteiger partial charge on any atom is -0.274 e. The Morgan fingerprint density at radius 3 is 2.12 bits per heavy atom. The molecule has 1 saturated heterocycles. The Hall–Kier alpha value is -1.37. The number of hydrogen-bond acceptors (Lipinski definition) is 3. The number of nitriles is 1. The van der Waals surface area contributed by atoms with Crippen LogP contribution in [0.1, 0.15) is 44.9 Å². The molecule has 0 aromatic rings. The molecule has 2 saturated carbocycles. The summed E-state index contributed by atoms with van der Waals surface area (Å²) in [6.45, 7) is 0. The van der Waals surface area contributed by atoms with Crippen molar-refractivity contribution in [3.8, 4) is 6.07 Å². The van der Waals surface area contributed by atoms with Gasteiger partial charge in [-0.15, -0.1) is 0 Å². The predicted octanol–water partition coefficient (Wildman–Crippen LogP) is 1.61. The molecule has 0 radical (unpaired) electrons. The largest absolute Gasteiger partial charge is 0.274 e. The molecule has 2 bridgehead atoms. The molecule has 1 aliphatic heterocycles. The van der Waals surface area contributed by atoms with Crippen molar-refractivity contribution < 1.29 is 9.59 Å². The molecule has 0 aromatic carbocycles. The third-order valence-electron chi connectivity index (χ3n) is 4.64. The Bertz CT molecular complexity index is 396. The first kappa shape index (κ1) is 10.8. The number of likely N-dealkylation sites (tertiary alicyclic amines) is 1. The lowest BCUT2D eigenvalue weighted by Crippen LogP contribution is -2.57. The molecule has 3 aliphatic rings. The first-order valence-corrected chi connectivity index (χ1v) is 6.47. The summed E-state index contributed by atoms with van der Waals surface area (Å²) in [5, 5.41) is 9.40. The fourth-order valence-electron chi connectivity index (χ4n) is 3.67. The maximum absolute atomic E-state index is 12.3. The fourth-order valence-corrected chi connectivity index (χ4v) is 3.67. The molecule has 17 heavy (non-hydrogen) atoms. The number of piperidine rings is 1. The first-order chi connectivity index (χ1) is 8.18. The Morgan fingerprint density at radius 1 is 1.12 bits per heavy atom. The van der Waals surface area contributed by atoms with Gasteiger partial charge in [-0.05, 0) is 44.9 Å². The summed E-state index contributed by atoms with van der Waals surface area (Å²) in [7, 11) is 0. The zero-order chi connectivity index (χ0) is 12.0. The van der Waals surface area contributed by atoms with Gasteiger partial charge in [-0.3, -0.25) is 14.5 Å². The third kappa shape index (κ3) is 1.35. The predicted molar refractivity (Wildman–Crippen MR) is 59.5 cm³/mol. The molecule has 0 aromatic heterocycles. The first-order valence-electron chi connectivity index (χ1n) is 6.47. The molecule has 4 heteroatoms. The molecule has 2 atom stereocenters. The standard InChI is InChI=1S/C13H16N2O2/c14-8-13(5-1-2-6-13)15-11(16)9-3-4-10(7-9)12(15)17/h9-10H,1-7H2. The van der Waals surface area contributed by atoms with Crippen LogP contribution in [0.15, 0.2) is 0 Å². The zero-order valence-electron chi connectivity index (χ0n) is 9.82. The smallest absolute Gasteiger partial charge is 0.233 e. The number of amides is 2. The number of fused-ring (bicyclic) bond motifs is 2. The lowest BCUT2D eigenvalue weighted by molar-refractivity contribution is -0.158. The van der Waals surface area contributed by atoms with Crippen LogP contribution in [-0.2, 0) is 9.59 Å². The quantitative estimate of drug-likeness (QED) is 0.645. The zero-order valence-corrected chi connectivity index (χ0v) is 9.82. The Balaban J connectivity index is 1.99. The number of rotatable bonds is 1. The van der Waals surface area contributed by atoms with Crippen molar-refractivity contribution in [2.75, 3.05) is 0 Å². The van der Waals surface area contributed by atoms with Crippen LogP contribution in [-0.4, -0.2) is 22.3 Å². The van der Waals surface area contributed by atoms with Crippen molar-refractivity contribution in [1.82, 2.24) is 4.90 Å². The number of hydrogen-bond donors (Lipinski definition) is 0. The van der Waals surface area contributed by atoms with E-state index in [1.807, 2.05) is 0 Å². The van der Waals surface area contributed by atoms with E-state index in [0.717, 1.165) is 32.1 Å². The van der Waals surface area contributed by atoms with Gasteiger partial charge in [0.2, 0.25) is 11.8 Å². The molecule has 3 rings (SSSR count). The van der Waals surface area contributed by atoms with Crippen LogP contribution in [0, 0.1) is 23.2 Å². The summed E-state index contributed by atoms with van der Waals surface area (Å²) in [4.78, 5) is 26.0. The number of carbonyl (C=O) groups excluding carboxylic acids is 2. The summed E-state index contributed by atoms with van der Waals surface area (Å²) < 4.78 is 0. The van der Waals surface area contributed by atoms with Crippen molar-refractivity contribution in [1.29, 1.82) is 5.26 Å². The van der Waals surface area contributed by atoms with E-state index in [2.05, 4.69) is 6.07 Å². The minimum atomic E-state index is -0.810. The van der Waals surface area contributed by atoms with E-state index in [9.17, 15) is 14.9 Å². The summed E-state index contributed by atoms with van der Waals surface area (Å²) in [6, 6.07) is 2.26. The summed E-state index contributed by atoms with van der Waals surface area (Å²) in [5.74, 6) is -0.147. The molecule has 2 aliphatic carbocycles. The van der Waals surface area contributed by atoms with Gasteiger partial charge in [0, 0.05) is 11.8 Å². The minimum absolute atomic E-state index is 0.00326. The number of nitrogens with zero attached hydrogens (tertiary/aromatic N) is 2. The third-order valence-corrected chi connectivity index (χ3v) is 4.64. The molecular formula is C13H16N2O2. The van der Waals surface area contributed by atoms with E-state index in [1.54, 1.807) is 0 Å². The van der Waals surface area contributed by atoms with Gasteiger partial charge in [0.05, 0.1) is 6.07 Å². The highest BCUT2D eigenvalue weighted by Gasteiger charge is 2.54. The van der Waals surface area contributed by atoms with Gasteiger partial charge in [-0.25, -0.2) is 0 Å². The van der Waals surface area contributed by atoms with Crippen molar-refractivity contribution >= 4 is 11.8 Å². The second-order valence-corrected chi connectivity index (χ2v) is 5.57. The van der Waals surface area contributed by atoms with Crippen LogP contribution < -0.4 is 0 Å². The van der Waals surface area contributed by atoms with E-state index in [4.69, 9.17) is 0 Å². The maximum Gasteiger partial charge on any atom is 0.233 e. The van der Waals surface area contributed by atoms with Gasteiger partial charge < -0.3 is 0 Å². The SMILES string of the molecule is N#CC1(N2C(=O)C3CCC(C3)C2=O)CCCC1. The molecule has 2 amide bonds. The number of imide groups is 1. The summed E-state index contributed by atoms with van der Waals surface area (Å²) in [6.07, 6.45) is 5.59. The molecule has 0 N–H and O–H groups in total. The lowest BCUT2D eigenvalue weighted by Gasteiger charge is -2.39. The van der Waals surface area contributed by atoms with Crippen LogP contribution >= 0.6 is 0 Å².